The maximum atomic E-state index is 13.8. The molecule has 128 valence electrons. The van der Waals surface area contributed by atoms with Crippen LogP contribution in [0.4, 0.5) is 10.1 Å². The lowest BCUT2D eigenvalue weighted by Gasteiger charge is -2.36. The van der Waals surface area contributed by atoms with E-state index in [2.05, 4.69) is 15.9 Å². The van der Waals surface area contributed by atoms with Gasteiger partial charge in [-0.15, -0.1) is 0 Å². The van der Waals surface area contributed by atoms with Crippen LogP contribution in [0.15, 0.2) is 42.5 Å². The summed E-state index contributed by atoms with van der Waals surface area (Å²) in [6.07, 6.45) is 0. The van der Waals surface area contributed by atoms with Gasteiger partial charge in [0, 0.05) is 32.7 Å². The first kappa shape index (κ1) is 16.6. The Hall–Kier alpha value is -2.27. The summed E-state index contributed by atoms with van der Waals surface area (Å²) in [4.78, 5) is 4.68. The average Bonchev–Trinajstić information content (AvgIpc) is 2.62. The van der Waals surface area contributed by atoms with E-state index in [1.165, 1.54) is 7.11 Å². The molecule has 1 fully saturated rings. The quantitative estimate of drug-likeness (QED) is 0.841. The summed E-state index contributed by atoms with van der Waals surface area (Å²) >= 11 is 0. The first-order valence-electron chi connectivity index (χ1n) is 8.14. The summed E-state index contributed by atoms with van der Waals surface area (Å²) in [5, 5.41) is 0. The van der Waals surface area contributed by atoms with E-state index >= 15 is 0 Å². The first-order valence-corrected chi connectivity index (χ1v) is 8.14. The van der Waals surface area contributed by atoms with Crippen LogP contribution in [-0.4, -0.2) is 45.3 Å². The molecule has 5 heteroatoms. The van der Waals surface area contributed by atoms with E-state index in [1.54, 1.807) is 19.2 Å². The number of rotatable bonds is 5. The fraction of sp³-hybridized carbons (Fsp3) is 0.368. The molecule has 0 N–H and O–H groups in total. The lowest BCUT2D eigenvalue weighted by Crippen LogP contribution is -2.46. The van der Waals surface area contributed by atoms with Crippen LogP contribution < -0.4 is 14.4 Å². The van der Waals surface area contributed by atoms with Gasteiger partial charge >= 0.3 is 0 Å². The van der Waals surface area contributed by atoms with Crippen molar-refractivity contribution in [3.05, 3.63) is 53.8 Å². The van der Waals surface area contributed by atoms with Crippen LogP contribution in [0.3, 0.4) is 0 Å². The summed E-state index contributed by atoms with van der Waals surface area (Å²) in [5.41, 5.74) is 2.11. The third-order valence-corrected chi connectivity index (χ3v) is 4.42. The molecule has 0 bridgehead atoms. The van der Waals surface area contributed by atoms with Crippen molar-refractivity contribution < 1.29 is 13.9 Å². The molecular weight excluding hydrogens is 307 g/mol. The van der Waals surface area contributed by atoms with Gasteiger partial charge in [0.15, 0.2) is 11.6 Å². The maximum absolute atomic E-state index is 13.8. The van der Waals surface area contributed by atoms with E-state index in [9.17, 15) is 4.39 Å². The molecule has 0 saturated carbocycles. The number of nitrogens with zero attached hydrogens (tertiary/aromatic N) is 2. The molecule has 3 rings (SSSR count). The Bertz CT molecular complexity index is 685. The fourth-order valence-electron chi connectivity index (χ4n) is 3.10. The van der Waals surface area contributed by atoms with Gasteiger partial charge in [0.05, 0.1) is 19.9 Å². The largest absolute Gasteiger partial charge is 0.495 e. The van der Waals surface area contributed by atoms with Gasteiger partial charge in [-0.25, -0.2) is 4.39 Å². The van der Waals surface area contributed by atoms with Crippen molar-refractivity contribution in [3.8, 4) is 11.5 Å². The van der Waals surface area contributed by atoms with E-state index in [1.807, 2.05) is 24.3 Å². The summed E-state index contributed by atoms with van der Waals surface area (Å²) in [5.74, 6) is 0.894. The lowest BCUT2D eigenvalue weighted by atomic mass is 10.1. The second kappa shape index (κ2) is 7.53. The fourth-order valence-corrected chi connectivity index (χ4v) is 3.10. The van der Waals surface area contributed by atoms with E-state index in [-0.39, 0.29) is 5.82 Å². The topological polar surface area (TPSA) is 24.9 Å². The molecule has 0 aromatic heterocycles. The number of methoxy groups -OCH3 is 2. The van der Waals surface area contributed by atoms with Crippen molar-refractivity contribution in [2.45, 2.75) is 6.54 Å². The predicted molar refractivity (Wildman–Crippen MR) is 93.4 cm³/mol. The van der Waals surface area contributed by atoms with Crippen molar-refractivity contribution >= 4 is 5.69 Å². The molecule has 1 aliphatic rings. The third-order valence-electron chi connectivity index (χ3n) is 4.42. The monoisotopic (exact) mass is 330 g/mol. The van der Waals surface area contributed by atoms with Crippen LogP contribution >= 0.6 is 0 Å². The zero-order valence-corrected chi connectivity index (χ0v) is 14.2. The average molecular weight is 330 g/mol. The van der Waals surface area contributed by atoms with Crippen LogP contribution in [0.1, 0.15) is 5.56 Å². The standard InChI is InChI=1S/C19H23FN2O2/c1-23-18-8-7-15(13-16(18)20)14-21-9-11-22(12-10-21)17-5-3-4-6-19(17)24-2/h3-8,13H,9-12,14H2,1-2H3. The molecule has 1 saturated heterocycles. The first-order chi connectivity index (χ1) is 11.7. The third kappa shape index (κ3) is 3.62. The Morgan fingerprint density at radius 2 is 1.62 bits per heavy atom. The van der Waals surface area contributed by atoms with Gasteiger partial charge in [-0.2, -0.15) is 0 Å². The van der Waals surface area contributed by atoms with E-state index < -0.39 is 0 Å². The van der Waals surface area contributed by atoms with Gasteiger partial charge in [0.25, 0.3) is 0 Å². The van der Waals surface area contributed by atoms with Crippen LogP contribution in [0.2, 0.25) is 0 Å². The Kier molecular flexibility index (Phi) is 5.20. The Morgan fingerprint density at radius 1 is 0.917 bits per heavy atom. The van der Waals surface area contributed by atoms with Crippen LogP contribution in [0.25, 0.3) is 0 Å². The molecule has 0 aliphatic carbocycles. The molecule has 0 radical (unpaired) electrons. The zero-order valence-electron chi connectivity index (χ0n) is 14.2. The molecule has 2 aromatic rings. The smallest absolute Gasteiger partial charge is 0.165 e. The van der Waals surface area contributed by atoms with Gasteiger partial charge in [-0.1, -0.05) is 18.2 Å². The number of ether oxygens (including phenoxy) is 2. The van der Waals surface area contributed by atoms with Gasteiger partial charge in [0.2, 0.25) is 0 Å². The van der Waals surface area contributed by atoms with Crippen molar-refractivity contribution in [2.75, 3.05) is 45.3 Å². The van der Waals surface area contributed by atoms with Gasteiger partial charge < -0.3 is 14.4 Å². The van der Waals surface area contributed by atoms with Crippen molar-refractivity contribution in [1.29, 1.82) is 0 Å². The minimum atomic E-state index is -0.303. The van der Waals surface area contributed by atoms with E-state index in [0.717, 1.165) is 49.7 Å². The van der Waals surface area contributed by atoms with Crippen LogP contribution in [0, 0.1) is 5.82 Å². The van der Waals surface area contributed by atoms with Crippen LogP contribution in [0.5, 0.6) is 11.5 Å². The van der Waals surface area contributed by atoms with Gasteiger partial charge in [-0.3, -0.25) is 4.90 Å². The highest BCUT2D eigenvalue weighted by atomic mass is 19.1. The van der Waals surface area contributed by atoms with Gasteiger partial charge in [-0.05, 0) is 29.8 Å². The highest BCUT2D eigenvalue weighted by Gasteiger charge is 2.19. The molecule has 1 aliphatic heterocycles. The summed E-state index contributed by atoms with van der Waals surface area (Å²) in [7, 11) is 3.18. The van der Waals surface area contributed by atoms with Crippen molar-refractivity contribution in [1.82, 2.24) is 4.90 Å². The predicted octanol–water partition coefficient (Wildman–Crippen LogP) is 3.17. The molecule has 0 unspecified atom stereocenters. The molecule has 0 amide bonds. The number of benzene rings is 2. The summed E-state index contributed by atoms with van der Waals surface area (Å²) < 4.78 is 24.2. The molecular formula is C19H23FN2O2. The minimum Gasteiger partial charge on any atom is -0.495 e. The summed E-state index contributed by atoms with van der Waals surface area (Å²) in [6, 6.07) is 13.3. The SMILES string of the molecule is COc1ccc(CN2CCN(c3ccccc3OC)CC2)cc1F. The number of anilines is 1. The summed E-state index contributed by atoms with van der Waals surface area (Å²) in [6.45, 7) is 4.48. The molecule has 4 nitrogen and oxygen atoms in total. The molecule has 24 heavy (non-hydrogen) atoms. The van der Waals surface area contributed by atoms with Crippen molar-refractivity contribution in [3.63, 3.8) is 0 Å². The number of para-hydroxylation sites is 2. The van der Waals surface area contributed by atoms with E-state index in [4.69, 9.17) is 9.47 Å². The molecule has 0 atom stereocenters. The second-order valence-electron chi connectivity index (χ2n) is 5.90. The molecule has 1 heterocycles. The van der Waals surface area contributed by atoms with Crippen molar-refractivity contribution in [2.24, 2.45) is 0 Å². The Labute approximate surface area is 142 Å². The normalized spacial score (nSPS) is 15.4. The highest BCUT2D eigenvalue weighted by molar-refractivity contribution is 5.58. The number of hydrogen-bond acceptors (Lipinski definition) is 4. The maximum Gasteiger partial charge on any atom is 0.165 e. The second-order valence-corrected chi connectivity index (χ2v) is 5.90. The number of halogens is 1. The van der Waals surface area contributed by atoms with Gasteiger partial charge in [0.1, 0.15) is 5.75 Å². The zero-order chi connectivity index (χ0) is 16.9. The lowest BCUT2D eigenvalue weighted by molar-refractivity contribution is 0.248. The molecule has 0 spiro atoms. The minimum absolute atomic E-state index is 0.291. The Balaban J connectivity index is 1.60. The Morgan fingerprint density at radius 3 is 2.29 bits per heavy atom. The number of piperazine rings is 1. The highest BCUT2D eigenvalue weighted by Crippen LogP contribution is 2.28. The van der Waals surface area contributed by atoms with Crippen LogP contribution in [-0.2, 0) is 6.54 Å². The molecule has 2 aromatic carbocycles. The number of hydrogen-bond donors (Lipinski definition) is 0. The van der Waals surface area contributed by atoms with E-state index in [0.29, 0.717) is 5.75 Å².